The maximum absolute atomic E-state index is 13.5. The van der Waals surface area contributed by atoms with E-state index in [0.29, 0.717) is 11.8 Å². The van der Waals surface area contributed by atoms with Crippen LogP contribution in [0, 0.1) is 11.7 Å². The first-order valence-electron chi connectivity index (χ1n) is 10.1. The molecule has 2 aliphatic carbocycles. The van der Waals surface area contributed by atoms with Gasteiger partial charge in [-0.05, 0) is 85.6 Å². The van der Waals surface area contributed by atoms with Crippen LogP contribution in [0.25, 0.3) is 5.52 Å². The van der Waals surface area contributed by atoms with Gasteiger partial charge in [0.2, 0.25) is 0 Å². The summed E-state index contributed by atoms with van der Waals surface area (Å²) >= 11 is 0. The first kappa shape index (κ1) is 16.9. The largest absolute Gasteiger partial charge is 0.388 e. The lowest BCUT2D eigenvalue weighted by Gasteiger charge is -2.33. The molecule has 2 aliphatic rings. The van der Waals surface area contributed by atoms with Crippen LogP contribution in [0.3, 0.4) is 0 Å². The number of aromatic nitrogens is 2. The summed E-state index contributed by atoms with van der Waals surface area (Å²) in [5.41, 5.74) is 4.54. The number of hydrogen-bond acceptors (Lipinski definition) is 2. The molecule has 0 amide bonds. The van der Waals surface area contributed by atoms with Gasteiger partial charge in [0.15, 0.2) is 0 Å². The number of halogens is 1. The first-order chi connectivity index (χ1) is 13.2. The van der Waals surface area contributed by atoms with Crippen LogP contribution in [0.4, 0.5) is 4.39 Å². The molecule has 3 aromatic rings. The molecule has 0 radical (unpaired) electrons. The Morgan fingerprint density at radius 2 is 1.81 bits per heavy atom. The fourth-order valence-corrected chi connectivity index (χ4v) is 4.87. The van der Waals surface area contributed by atoms with Crippen molar-refractivity contribution in [1.82, 2.24) is 9.38 Å². The normalized spacial score (nSPS) is 24.2. The van der Waals surface area contributed by atoms with E-state index in [9.17, 15) is 9.50 Å². The Hall–Kier alpha value is -2.20. The lowest BCUT2D eigenvalue weighted by Crippen LogP contribution is -2.21. The summed E-state index contributed by atoms with van der Waals surface area (Å²) in [6.45, 7) is 0. The van der Waals surface area contributed by atoms with Gasteiger partial charge in [-0.1, -0.05) is 12.1 Å². The standard InChI is InChI=1S/C23H25FN2O/c24-19-3-1-2-18(12-19)15-4-8-17(9-5-15)23(27)22-20(16-6-7-16)10-11-26-14-25-13-21(22)26/h1-3,10-17,23,27H,4-9H2/t15-,17-,23-/m1/s1. The minimum absolute atomic E-state index is 0.156. The van der Waals surface area contributed by atoms with E-state index in [2.05, 4.69) is 17.2 Å². The number of fused-ring (bicyclic) bond motifs is 1. The molecule has 3 nitrogen and oxygen atoms in total. The SMILES string of the molecule is O[C@@H](c1c(C2CC2)ccn2cncc12)[C@H]1CC[C@H](c2cccc(F)c2)CC1. The molecule has 2 saturated carbocycles. The molecule has 0 unspecified atom stereocenters. The van der Waals surface area contributed by atoms with Crippen LogP contribution < -0.4 is 0 Å². The van der Waals surface area contributed by atoms with Crippen molar-refractivity contribution in [2.24, 2.45) is 5.92 Å². The molecule has 140 valence electrons. The second kappa shape index (κ2) is 6.75. The molecule has 1 aromatic carbocycles. The molecule has 0 bridgehead atoms. The highest BCUT2D eigenvalue weighted by Crippen LogP contribution is 2.47. The van der Waals surface area contributed by atoms with Gasteiger partial charge in [0.05, 0.1) is 24.1 Å². The van der Waals surface area contributed by atoms with Crippen molar-refractivity contribution in [3.8, 4) is 0 Å². The van der Waals surface area contributed by atoms with Crippen molar-refractivity contribution < 1.29 is 9.50 Å². The third-order valence-electron chi connectivity index (χ3n) is 6.52. The van der Waals surface area contributed by atoms with Gasteiger partial charge >= 0.3 is 0 Å². The van der Waals surface area contributed by atoms with E-state index in [-0.39, 0.29) is 11.7 Å². The zero-order valence-electron chi connectivity index (χ0n) is 15.4. The van der Waals surface area contributed by atoms with Gasteiger partial charge in [-0.15, -0.1) is 0 Å². The Morgan fingerprint density at radius 1 is 1.04 bits per heavy atom. The molecule has 2 fully saturated rings. The highest BCUT2D eigenvalue weighted by atomic mass is 19.1. The monoisotopic (exact) mass is 364 g/mol. The molecule has 0 aliphatic heterocycles. The summed E-state index contributed by atoms with van der Waals surface area (Å²) in [6.07, 6.45) is 11.7. The van der Waals surface area contributed by atoms with Gasteiger partial charge in [-0.25, -0.2) is 9.37 Å². The average molecular weight is 364 g/mol. The van der Waals surface area contributed by atoms with Crippen LogP contribution in [-0.4, -0.2) is 14.5 Å². The van der Waals surface area contributed by atoms with Gasteiger partial charge < -0.3 is 9.51 Å². The summed E-state index contributed by atoms with van der Waals surface area (Å²) in [6, 6.07) is 9.17. The van der Waals surface area contributed by atoms with E-state index in [0.717, 1.165) is 42.3 Å². The van der Waals surface area contributed by atoms with Gasteiger partial charge in [-0.3, -0.25) is 0 Å². The van der Waals surface area contributed by atoms with Crippen LogP contribution in [-0.2, 0) is 0 Å². The van der Waals surface area contributed by atoms with E-state index in [1.165, 1.54) is 24.5 Å². The van der Waals surface area contributed by atoms with Gasteiger partial charge in [0.1, 0.15) is 5.82 Å². The summed E-state index contributed by atoms with van der Waals surface area (Å²) in [4.78, 5) is 4.29. The molecule has 2 aromatic heterocycles. The minimum Gasteiger partial charge on any atom is -0.388 e. The van der Waals surface area contributed by atoms with E-state index >= 15 is 0 Å². The summed E-state index contributed by atoms with van der Waals surface area (Å²) in [7, 11) is 0. The van der Waals surface area contributed by atoms with Crippen molar-refractivity contribution in [2.45, 2.75) is 56.5 Å². The van der Waals surface area contributed by atoms with E-state index < -0.39 is 6.10 Å². The maximum atomic E-state index is 13.5. The van der Waals surface area contributed by atoms with Crippen molar-refractivity contribution in [1.29, 1.82) is 0 Å². The van der Waals surface area contributed by atoms with Crippen LogP contribution in [0.2, 0.25) is 0 Å². The molecule has 27 heavy (non-hydrogen) atoms. The highest BCUT2D eigenvalue weighted by molar-refractivity contribution is 5.59. The predicted octanol–water partition coefficient (Wildman–Crippen LogP) is 5.36. The summed E-state index contributed by atoms with van der Waals surface area (Å²) < 4.78 is 15.6. The van der Waals surface area contributed by atoms with Crippen molar-refractivity contribution in [3.05, 3.63) is 71.6 Å². The Labute approximate surface area is 158 Å². The summed E-state index contributed by atoms with van der Waals surface area (Å²) in [5.74, 6) is 1.10. The van der Waals surface area contributed by atoms with E-state index in [1.54, 1.807) is 12.1 Å². The highest BCUT2D eigenvalue weighted by Gasteiger charge is 2.34. The van der Waals surface area contributed by atoms with E-state index in [1.807, 2.05) is 23.0 Å². The van der Waals surface area contributed by atoms with E-state index in [4.69, 9.17) is 0 Å². The van der Waals surface area contributed by atoms with Crippen LogP contribution in [0.5, 0.6) is 0 Å². The first-order valence-corrected chi connectivity index (χ1v) is 10.1. The third-order valence-corrected chi connectivity index (χ3v) is 6.52. The maximum Gasteiger partial charge on any atom is 0.123 e. The fourth-order valence-electron chi connectivity index (χ4n) is 4.87. The van der Waals surface area contributed by atoms with Crippen molar-refractivity contribution >= 4 is 5.52 Å². The Morgan fingerprint density at radius 3 is 2.56 bits per heavy atom. The lowest BCUT2D eigenvalue weighted by atomic mass is 9.75. The predicted molar refractivity (Wildman–Crippen MR) is 103 cm³/mol. The zero-order chi connectivity index (χ0) is 18.4. The minimum atomic E-state index is -0.450. The molecule has 5 rings (SSSR count). The quantitative estimate of drug-likeness (QED) is 0.677. The Balaban J connectivity index is 1.38. The number of benzene rings is 1. The smallest absolute Gasteiger partial charge is 0.123 e. The number of pyridine rings is 1. The van der Waals surface area contributed by atoms with Crippen LogP contribution in [0.15, 0.2) is 49.1 Å². The number of nitrogens with zero attached hydrogens (tertiary/aromatic N) is 2. The van der Waals surface area contributed by atoms with Gasteiger partial charge in [0, 0.05) is 11.8 Å². The summed E-state index contributed by atoms with van der Waals surface area (Å²) in [5, 5.41) is 11.3. The van der Waals surface area contributed by atoms with Gasteiger partial charge in [0.25, 0.3) is 0 Å². The Bertz CT molecular complexity index is 954. The van der Waals surface area contributed by atoms with Crippen molar-refractivity contribution in [2.75, 3.05) is 0 Å². The average Bonchev–Trinajstić information content (AvgIpc) is 3.43. The zero-order valence-corrected chi connectivity index (χ0v) is 15.4. The second-order valence-electron chi connectivity index (χ2n) is 8.26. The van der Waals surface area contributed by atoms with Crippen LogP contribution in [0.1, 0.15) is 73.2 Å². The molecular formula is C23H25FN2O. The molecule has 1 N–H and O–H groups in total. The van der Waals surface area contributed by atoms with Crippen LogP contribution >= 0.6 is 0 Å². The number of aliphatic hydroxyl groups excluding tert-OH is 1. The topological polar surface area (TPSA) is 37.5 Å². The number of hydrogen-bond donors (Lipinski definition) is 1. The van der Waals surface area contributed by atoms with Gasteiger partial charge in [-0.2, -0.15) is 0 Å². The molecule has 0 spiro atoms. The number of rotatable bonds is 4. The fraction of sp³-hybridized carbons (Fsp3) is 0.435. The lowest BCUT2D eigenvalue weighted by molar-refractivity contribution is 0.0810. The number of imidazole rings is 1. The second-order valence-corrected chi connectivity index (χ2v) is 8.26. The van der Waals surface area contributed by atoms with Crippen molar-refractivity contribution in [3.63, 3.8) is 0 Å². The molecule has 2 heterocycles. The Kier molecular flexibility index (Phi) is 4.24. The molecule has 4 heteroatoms. The number of aliphatic hydroxyl groups is 1. The molecule has 0 saturated heterocycles. The molecular weight excluding hydrogens is 339 g/mol. The third kappa shape index (κ3) is 3.16. The molecule has 1 atom stereocenters.